The molecule has 2 aliphatic carbocycles. The third kappa shape index (κ3) is 5.26. The summed E-state index contributed by atoms with van der Waals surface area (Å²) < 4.78 is 12.1. The lowest BCUT2D eigenvalue weighted by Gasteiger charge is -2.26. The molecular weight excluding hydrogens is 414 g/mol. The van der Waals surface area contributed by atoms with Crippen LogP contribution in [-0.2, 0) is 9.47 Å². The van der Waals surface area contributed by atoms with Gasteiger partial charge in [-0.15, -0.1) is 10.5 Å². The molecule has 2 aromatic rings. The highest BCUT2D eigenvalue weighted by molar-refractivity contribution is 7.79. The van der Waals surface area contributed by atoms with Gasteiger partial charge in [0.15, 0.2) is 11.7 Å². The van der Waals surface area contributed by atoms with Crippen LogP contribution in [0.5, 0.6) is 0 Å². The van der Waals surface area contributed by atoms with Crippen molar-refractivity contribution in [3.63, 3.8) is 0 Å². The normalized spacial score (nSPS) is 24.8. The van der Waals surface area contributed by atoms with Gasteiger partial charge in [0, 0.05) is 24.3 Å². The molecule has 1 saturated heterocycles. The molecule has 3 aliphatic rings. The zero-order chi connectivity index (χ0) is 22.6. The Labute approximate surface area is 190 Å². The zero-order valence-electron chi connectivity index (χ0n) is 18.8. The van der Waals surface area contributed by atoms with Crippen LogP contribution in [-0.4, -0.2) is 47.0 Å². The average Bonchev–Trinajstić information content (AvgIpc) is 3.67. The van der Waals surface area contributed by atoms with Crippen molar-refractivity contribution in [1.82, 2.24) is 9.54 Å². The highest BCUT2D eigenvalue weighted by atomic mass is 32.1. The van der Waals surface area contributed by atoms with Crippen molar-refractivity contribution in [1.29, 1.82) is 0 Å². The van der Waals surface area contributed by atoms with Crippen LogP contribution in [0.25, 0.3) is 10.9 Å². The Kier molecular flexibility index (Phi) is 7.70. The molecule has 31 heavy (non-hydrogen) atoms. The fourth-order valence-corrected chi connectivity index (χ4v) is 4.26. The van der Waals surface area contributed by atoms with Crippen LogP contribution >= 0.6 is 12.6 Å². The van der Waals surface area contributed by atoms with Gasteiger partial charge in [-0.05, 0) is 62.3 Å². The van der Waals surface area contributed by atoms with Gasteiger partial charge in [-0.2, -0.15) is 17.8 Å². The van der Waals surface area contributed by atoms with Crippen LogP contribution in [0.3, 0.4) is 0 Å². The van der Waals surface area contributed by atoms with E-state index in [1.54, 1.807) is 19.2 Å². The first-order chi connectivity index (χ1) is 14.9. The van der Waals surface area contributed by atoms with E-state index in [-0.39, 0.29) is 18.3 Å². The number of hydroxylamine groups is 1. The van der Waals surface area contributed by atoms with Crippen LogP contribution in [0, 0.1) is 5.92 Å². The topological polar surface area (TPSA) is 86.7 Å². The van der Waals surface area contributed by atoms with Crippen molar-refractivity contribution in [2.24, 2.45) is 11.8 Å². The van der Waals surface area contributed by atoms with Crippen LogP contribution < -0.4 is 10.7 Å². The van der Waals surface area contributed by atoms with Gasteiger partial charge in [0.2, 0.25) is 0 Å². The summed E-state index contributed by atoms with van der Waals surface area (Å²) in [5.74, 6) is 5.96. The minimum absolute atomic E-state index is 0.117. The molecule has 5 rings (SSSR count). The number of carbonyl (C=O) groups excluding carboxylic acids is 1. The van der Waals surface area contributed by atoms with E-state index < -0.39 is 10.8 Å². The average molecular weight is 451 g/mol. The fourth-order valence-electron chi connectivity index (χ4n) is 4.26. The monoisotopic (exact) mass is 450 g/mol. The molecule has 172 valence electrons. The van der Waals surface area contributed by atoms with Gasteiger partial charge in [0.05, 0.1) is 12.2 Å². The van der Waals surface area contributed by atoms with E-state index in [1.165, 1.54) is 36.8 Å². The van der Waals surface area contributed by atoms with E-state index in [0.717, 1.165) is 18.4 Å². The Morgan fingerprint density at radius 1 is 1.32 bits per heavy atom. The first-order valence-electron chi connectivity index (χ1n) is 11.2. The van der Waals surface area contributed by atoms with Gasteiger partial charge in [-0.1, -0.05) is 25.1 Å². The van der Waals surface area contributed by atoms with Crippen LogP contribution in [0.1, 0.15) is 62.9 Å². The molecule has 1 aromatic heterocycles. The summed E-state index contributed by atoms with van der Waals surface area (Å²) >= 11 is 3.53. The second-order valence-corrected chi connectivity index (χ2v) is 8.59. The van der Waals surface area contributed by atoms with Gasteiger partial charge in [-0.25, -0.2) is 4.79 Å². The molecule has 3 atom stereocenters. The molecule has 3 fully saturated rings. The molecule has 0 radical (unpaired) electrons. The lowest BCUT2D eigenvalue weighted by atomic mass is 10.1. The van der Waals surface area contributed by atoms with E-state index in [0.29, 0.717) is 17.0 Å². The number of ether oxygens (including phenoxy) is 2. The molecule has 1 aromatic carbocycles. The number of thiol groups is 1. The third-order valence-corrected chi connectivity index (χ3v) is 6.29. The Morgan fingerprint density at radius 2 is 2.00 bits per heavy atom. The minimum Gasteiger partial charge on any atom is -0.461 e. The van der Waals surface area contributed by atoms with Crippen LogP contribution in [0.15, 0.2) is 30.3 Å². The minimum atomic E-state index is -0.831. The Balaban J connectivity index is 0.000000225. The summed E-state index contributed by atoms with van der Waals surface area (Å²) in [5, 5.41) is 11.6. The lowest BCUT2D eigenvalue weighted by Crippen LogP contribution is -2.64. The molecule has 3 N–H and O–H groups in total. The molecule has 2 heterocycles. The number of nitrogens with zero attached hydrogens (tertiary/aromatic N) is 2. The number of esters is 1. The predicted molar refractivity (Wildman–Crippen MR) is 126 cm³/mol. The maximum atomic E-state index is 12.2. The van der Waals surface area contributed by atoms with E-state index >= 15 is 0 Å². The number of carbonyl (C=O) groups is 1. The Bertz CT molecular complexity index is 886. The van der Waals surface area contributed by atoms with Crippen LogP contribution in [0.4, 0.5) is 0 Å². The van der Waals surface area contributed by atoms with Gasteiger partial charge >= 0.3 is 5.97 Å². The SMILES string of the molecule is C1CCC2(CC2)OC1.CCOC(=O)c1cc2ccccc2n1[N+](N)(O)C1CC1C.CS. The highest BCUT2D eigenvalue weighted by Crippen LogP contribution is 2.46. The quantitative estimate of drug-likeness (QED) is 0.214. The standard InChI is InChI=1S/C15H20N3O3.C7H12O.CH4S/c1-3-21-15(19)13-9-11-6-4-5-7-12(11)17(13)18(16,20)14-8-10(14)2;1-2-6-8-7(3-1)4-5-7;1-2/h4-7,9-10,14,20H,3,8,16H2,1-2H3;1-6H2;2H,1H3/q+1;;. The summed E-state index contributed by atoms with van der Waals surface area (Å²) in [7, 11) is 0. The summed E-state index contributed by atoms with van der Waals surface area (Å²) in [6.07, 6.45) is 9.23. The molecule has 7 nitrogen and oxygen atoms in total. The van der Waals surface area contributed by atoms with Crippen molar-refractivity contribution < 1.29 is 19.5 Å². The number of quaternary nitrogens is 1. The van der Waals surface area contributed by atoms with Gasteiger partial charge in [-0.3, -0.25) is 0 Å². The first kappa shape index (κ1) is 24.1. The van der Waals surface area contributed by atoms with Crippen molar-refractivity contribution in [2.75, 3.05) is 19.5 Å². The molecule has 1 aliphatic heterocycles. The predicted octanol–water partition coefficient (Wildman–Crippen LogP) is 4.19. The number of hydrogen-bond donors (Lipinski definition) is 3. The van der Waals surface area contributed by atoms with Gasteiger partial charge < -0.3 is 9.47 Å². The van der Waals surface area contributed by atoms with Crippen molar-refractivity contribution >= 4 is 29.5 Å². The second-order valence-electron chi connectivity index (χ2n) is 8.59. The van der Waals surface area contributed by atoms with Gasteiger partial charge in [0.1, 0.15) is 5.52 Å². The molecule has 0 amide bonds. The summed E-state index contributed by atoms with van der Waals surface area (Å²) in [6, 6.07) is 9.03. The van der Waals surface area contributed by atoms with Crippen molar-refractivity contribution in [3.8, 4) is 0 Å². The third-order valence-electron chi connectivity index (χ3n) is 6.29. The van der Waals surface area contributed by atoms with Gasteiger partial charge in [0.25, 0.3) is 0 Å². The lowest BCUT2D eigenvalue weighted by molar-refractivity contribution is -0.186. The van der Waals surface area contributed by atoms with Crippen LogP contribution in [0.2, 0.25) is 0 Å². The number of fused-ring (bicyclic) bond motifs is 1. The number of aromatic nitrogens is 1. The second kappa shape index (κ2) is 9.92. The number of hydrogen-bond acceptors (Lipinski definition) is 6. The van der Waals surface area contributed by atoms with E-state index in [2.05, 4.69) is 12.6 Å². The molecule has 0 bridgehead atoms. The van der Waals surface area contributed by atoms with E-state index in [9.17, 15) is 10.0 Å². The summed E-state index contributed by atoms with van der Waals surface area (Å²) in [6.45, 7) is 5.07. The highest BCUT2D eigenvalue weighted by Gasteiger charge is 2.53. The molecule has 1 spiro atoms. The largest absolute Gasteiger partial charge is 0.461 e. The smallest absolute Gasteiger partial charge is 0.360 e. The molecular formula is C23H36N3O4S+. The Morgan fingerprint density at radius 3 is 2.52 bits per heavy atom. The zero-order valence-corrected chi connectivity index (χ0v) is 19.7. The maximum absolute atomic E-state index is 12.2. The number of rotatable bonds is 4. The van der Waals surface area contributed by atoms with E-state index in [4.69, 9.17) is 15.3 Å². The fraction of sp³-hybridized carbons (Fsp3) is 0.609. The maximum Gasteiger partial charge on any atom is 0.360 e. The molecule has 2 saturated carbocycles. The molecule has 3 unspecified atom stereocenters. The number of para-hydroxylation sites is 1. The molecule has 8 heteroatoms. The van der Waals surface area contributed by atoms with Crippen molar-refractivity contribution in [3.05, 3.63) is 36.0 Å². The summed E-state index contributed by atoms with van der Waals surface area (Å²) in [5.41, 5.74) is 1.41. The number of nitrogens with two attached hydrogens (primary N) is 1. The van der Waals surface area contributed by atoms with E-state index in [1.807, 2.05) is 31.2 Å². The summed E-state index contributed by atoms with van der Waals surface area (Å²) in [4.78, 5) is 11.4. The first-order valence-corrected chi connectivity index (χ1v) is 12.0. The Hall–Kier alpha value is -1.58. The number of benzene rings is 1. The van der Waals surface area contributed by atoms with Crippen molar-refractivity contribution in [2.45, 2.75) is 64.0 Å².